The van der Waals surface area contributed by atoms with Crippen LogP contribution in [0.5, 0.6) is 0 Å². The van der Waals surface area contributed by atoms with Gasteiger partial charge in [0.2, 0.25) is 0 Å². The second-order valence-corrected chi connectivity index (χ2v) is 11.9. The van der Waals surface area contributed by atoms with Crippen LogP contribution in [0.2, 0.25) is 0 Å². The van der Waals surface area contributed by atoms with Crippen molar-refractivity contribution in [2.24, 2.45) is 9.98 Å². The second kappa shape index (κ2) is 8.88. The third kappa shape index (κ3) is 3.73. The van der Waals surface area contributed by atoms with E-state index >= 15 is 0 Å². The molecule has 3 nitrogen and oxygen atoms in total. The standard InChI is InChI=1S/C32H28N2OSe/c1-5-25-18(3)29-15-23-8-9-24(36-23)16-30-19(4)26(6-2)32(34-30)14-22-12-21(13-31(25)33-29)27-10-7-20(17-35)11-28(22)27/h7-17,35H,5-6H2,1-4H3/b20-17-,23-15?,24-16?,31-13?,32-14?. The summed E-state index contributed by atoms with van der Waals surface area (Å²) in [5.41, 5.74) is 12.7. The minimum atomic E-state index is 0.240. The quantitative estimate of drug-likeness (QED) is 0.581. The minimum absolute atomic E-state index is 0.240. The molecule has 178 valence electrons. The molecule has 1 aliphatic carbocycles. The van der Waals surface area contributed by atoms with Crippen molar-refractivity contribution in [3.05, 3.63) is 106 Å². The Kier molecular flexibility index (Phi) is 5.67. The van der Waals surface area contributed by atoms with Crippen molar-refractivity contribution in [2.75, 3.05) is 0 Å². The predicted molar refractivity (Wildman–Crippen MR) is 153 cm³/mol. The van der Waals surface area contributed by atoms with Gasteiger partial charge in [0.25, 0.3) is 0 Å². The Morgan fingerprint density at radius 3 is 1.97 bits per heavy atom. The molecule has 0 saturated carbocycles. The van der Waals surface area contributed by atoms with E-state index in [1.54, 1.807) is 0 Å². The van der Waals surface area contributed by atoms with Crippen LogP contribution in [0.1, 0.15) is 46.1 Å². The van der Waals surface area contributed by atoms with Gasteiger partial charge >= 0.3 is 218 Å². The van der Waals surface area contributed by atoms with E-state index in [1.807, 2.05) is 6.07 Å². The van der Waals surface area contributed by atoms with Crippen molar-refractivity contribution in [1.29, 1.82) is 0 Å². The summed E-state index contributed by atoms with van der Waals surface area (Å²) in [6.45, 7) is 8.80. The normalized spacial score (nSPS) is 18.9. The van der Waals surface area contributed by atoms with Crippen molar-refractivity contribution < 1.29 is 5.11 Å². The summed E-state index contributed by atoms with van der Waals surface area (Å²) in [7, 11) is 0. The van der Waals surface area contributed by atoms with E-state index in [9.17, 15) is 5.11 Å². The maximum absolute atomic E-state index is 9.71. The fourth-order valence-corrected chi connectivity index (χ4v) is 7.31. The van der Waals surface area contributed by atoms with Gasteiger partial charge in [-0.1, -0.05) is 0 Å². The molecular weight excluding hydrogens is 507 g/mol. The van der Waals surface area contributed by atoms with Gasteiger partial charge in [-0.05, 0) is 0 Å². The number of allylic oxidation sites excluding steroid dienone is 8. The van der Waals surface area contributed by atoms with E-state index in [2.05, 4.69) is 82.3 Å². The third-order valence-electron chi connectivity index (χ3n) is 7.40. The van der Waals surface area contributed by atoms with Crippen molar-refractivity contribution in [3.63, 3.8) is 0 Å². The summed E-state index contributed by atoms with van der Waals surface area (Å²) in [4.78, 5) is 10.2. The SMILES string of the molecule is CCC1=C(C)C2=NC1=CC1=CC(=c3cc/c(=C/O)cc31)C=C1N=C(C=c3ccc([se]3)=C2)C(C)=C1CC. The molecule has 1 aromatic carbocycles. The molecule has 36 heavy (non-hydrogen) atoms. The van der Waals surface area contributed by atoms with Gasteiger partial charge < -0.3 is 0 Å². The number of benzene rings is 1. The summed E-state index contributed by atoms with van der Waals surface area (Å²) in [5.74, 6) is 0. The average molecular weight is 536 g/mol. The summed E-state index contributed by atoms with van der Waals surface area (Å²) in [6, 6.07) is 10.6. The Hall–Kier alpha value is -3.46. The van der Waals surface area contributed by atoms with E-state index in [-0.39, 0.29) is 14.5 Å². The van der Waals surface area contributed by atoms with Crippen LogP contribution >= 0.6 is 0 Å². The van der Waals surface area contributed by atoms with Crippen molar-refractivity contribution >= 4 is 55.5 Å². The maximum atomic E-state index is 9.71. The number of hydrogen-bond donors (Lipinski definition) is 1. The molecule has 0 fully saturated rings. The van der Waals surface area contributed by atoms with Gasteiger partial charge in [-0.3, -0.25) is 0 Å². The average Bonchev–Trinajstić information content (AvgIpc) is 3.61. The van der Waals surface area contributed by atoms with Crippen molar-refractivity contribution in [3.8, 4) is 0 Å². The molecule has 6 rings (SSSR count). The van der Waals surface area contributed by atoms with Gasteiger partial charge in [0.1, 0.15) is 0 Å². The van der Waals surface area contributed by atoms with Crippen LogP contribution in [0.25, 0.3) is 29.6 Å². The molecule has 0 atom stereocenters. The Labute approximate surface area is 217 Å². The first-order chi connectivity index (χ1) is 17.5. The van der Waals surface area contributed by atoms with Gasteiger partial charge in [-0.25, -0.2) is 0 Å². The Balaban J connectivity index is 1.69. The molecule has 0 spiro atoms. The van der Waals surface area contributed by atoms with E-state index < -0.39 is 0 Å². The number of fused-ring (bicyclic) bond motifs is 7. The Morgan fingerprint density at radius 2 is 1.39 bits per heavy atom. The third-order valence-corrected chi connectivity index (χ3v) is 9.45. The molecule has 0 radical (unpaired) electrons. The molecule has 3 aliphatic heterocycles. The Bertz CT molecular complexity index is 1810. The number of nitrogens with zero attached hydrogens (tertiary/aromatic N) is 2. The first-order valence-electron chi connectivity index (χ1n) is 12.5. The molecule has 0 amide bonds. The van der Waals surface area contributed by atoms with Crippen LogP contribution in [0, 0.1) is 0 Å². The molecule has 2 aromatic rings. The molecule has 4 aliphatic rings. The number of rotatable bonds is 2. The van der Waals surface area contributed by atoms with Crippen LogP contribution in [0.15, 0.2) is 92.2 Å². The van der Waals surface area contributed by atoms with Crippen LogP contribution < -0.4 is 18.6 Å². The number of aliphatic hydroxyl groups is 1. The summed E-state index contributed by atoms with van der Waals surface area (Å²) in [6.07, 6.45) is 14.3. The molecular formula is C32H28N2OSe. The summed E-state index contributed by atoms with van der Waals surface area (Å²) >= 11 is 0.240. The molecule has 8 bridgehead atoms. The first kappa shape index (κ1) is 23.0. The number of aliphatic hydroxyl groups excluding tert-OH is 1. The fraction of sp³-hybridized carbons (Fsp3) is 0.188. The van der Waals surface area contributed by atoms with Gasteiger partial charge in [0.05, 0.1) is 0 Å². The Morgan fingerprint density at radius 1 is 0.778 bits per heavy atom. The molecule has 1 N–H and O–H groups in total. The first-order valence-corrected chi connectivity index (χ1v) is 14.2. The molecule has 0 unspecified atom stereocenters. The fourth-order valence-electron chi connectivity index (χ4n) is 5.45. The second-order valence-electron chi connectivity index (χ2n) is 9.49. The molecule has 0 saturated heterocycles. The topological polar surface area (TPSA) is 45.0 Å². The van der Waals surface area contributed by atoms with Gasteiger partial charge in [-0.2, -0.15) is 0 Å². The summed E-state index contributed by atoms with van der Waals surface area (Å²) < 4.78 is 2.68. The molecule has 4 heterocycles. The predicted octanol–water partition coefficient (Wildman–Crippen LogP) is 3.99. The van der Waals surface area contributed by atoms with Crippen molar-refractivity contribution in [1.82, 2.24) is 0 Å². The van der Waals surface area contributed by atoms with Crippen LogP contribution in [0.3, 0.4) is 0 Å². The number of aliphatic imine (C=N–C) groups is 2. The van der Waals surface area contributed by atoms with E-state index in [0.29, 0.717) is 0 Å². The van der Waals surface area contributed by atoms with Crippen LogP contribution in [-0.2, 0) is 0 Å². The zero-order valence-electron chi connectivity index (χ0n) is 21.0. The van der Waals surface area contributed by atoms with Gasteiger partial charge in [0, 0.05) is 0 Å². The van der Waals surface area contributed by atoms with E-state index in [0.717, 1.165) is 62.8 Å². The van der Waals surface area contributed by atoms with Gasteiger partial charge in [0.15, 0.2) is 0 Å². The van der Waals surface area contributed by atoms with E-state index in [4.69, 9.17) is 9.98 Å². The van der Waals surface area contributed by atoms with E-state index in [1.165, 1.54) is 36.7 Å². The number of hydrogen-bond acceptors (Lipinski definition) is 3. The molecule has 4 heteroatoms. The van der Waals surface area contributed by atoms with Crippen molar-refractivity contribution in [2.45, 2.75) is 40.5 Å². The zero-order valence-corrected chi connectivity index (χ0v) is 22.7. The monoisotopic (exact) mass is 536 g/mol. The summed E-state index contributed by atoms with van der Waals surface area (Å²) in [5, 5.41) is 11.7. The van der Waals surface area contributed by atoms with Crippen LogP contribution in [-0.4, -0.2) is 31.0 Å². The van der Waals surface area contributed by atoms with Crippen LogP contribution in [0.4, 0.5) is 0 Å². The van der Waals surface area contributed by atoms with Gasteiger partial charge in [-0.15, -0.1) is 0 Å². The molecule has 1 aromatic heterocycles. The zero-order chi connectivity index (χ0) is 25.0.